The number of aromatic nitrogens is 1. The molecule has 0 bridgehead atoms. The molecule has 1 aliphatic rings. The summed E-state index contributed by atoms with van der Waals surface area (Å²) in [7, 11) is 0. The van der Waals surface area contributed by atoms with Crippen molar-refractivity contribution in [1.29, 1.82) is 5.26 Å². The Kier molecular flexibility index (Phi) is 5.57. The lowest BCUT2D eigenvalue weighted by Gasteiger charge is -2.23. The number of ether oxygens (including phenoxy) is 1. The number of hydrogen-bond acceptors (Lipinski definition) is 5. The number of hydrogen-bond donors (Lipinski definition) is 1. The molecule has 6 heteroatoms. The number of nitrogens with zero attached hydrogens (tertiary/aromatic N) is 2. The Morgan fingerprint density at radius 3 is 2.81 bits per heavy atom. The lowest BCUT2D eigenvalue weighted by Crippen LogP contribution is -2.28. The molecule has 0 aliphatic heterocycles. The fourth-order valence-corrected chi connectivity index (χ4v) is 3.31. The van der Waals surface area contributed by atoms with Gasteiger partial charge in [0.15, 0.2) is 6.61 Å². The first kappa shape index (κ1) is 18.0. The summed E-state index contributed by atoms with van der Waals surface area (Å²) in [6, 6.07) is 5.79. The van der Waals surface area contributed by atoms with Crippen LogP contribution < -0.4 is 10.1 Å². The maximum absolute atomic E-state index is 12.0. The number of rotatable bonds is 6. The summed E-state index contributed by atoms with van der Waals surface area (Å²) in [6.07, 6.45) is 5.55. The number of furan rings is 1. The second-order valence-electron chi connectivity index (χ2n) is 6.75. The van der Waals surface area contributed by atoms with E-state index in [-0.39, 0.29) is 24.3 Å². The largest absolute Gasteiger partial charge is 0.467 e. The van der Waals surface area contributed by atoms with Gasteiger partial charge in [-0.3, -0.25) is 4.79 Å². The van der Waals surface area contributed by atoms with Gasteiger partial charge in [-0.2, -0.15) is 5.26 Å². The van der Waals surface area contributed by atoms with Crippen LogP contribution in [-0.4, -0.2) is 17.5 Å². The molecule has 2 heterocycles. The summed E-state index contributed by atoms with van der Waals surface area (Å²) in [6.45, 7) is 4.29. The predicted molar refractivity (Wildman–Crippen MR) is 95.7 cm³/mol. The minimum Gasteiger partial charge on any atom is -0.467 e. The van der Waals surface area contributed by atoms with Crippen molar-refractivity contribution in [2.24, 2.45) is 0 Å². The molecule has 2 aromatic rings. The third-order valence-corrected chi connectivity index (χ3v) is 4.55. The van der Waals surface area contributed by atoms with E-state index >= 15 is 0 Å². The Balaban J connectivity index is 1.75. The smallest absolute Gasteiger partial charge is 0.258 e. The van der Waals surface area contributed by atoms with Crippen molar-refractivity contribution in [1.82, 2.24) is 10.3 Å². The van der Waals surface area contributed by atoms with Gasteiger partial charge in [0.2, 0.25) is 5.88 Å². The first-order valence-electron chi connectivity index (χ1n) is 8.97. The summed E-state index contributed by atoms with van der Waals surface area (Å²) in [5.41, 5.74) is 3.69. The summed E-state index contributed by atoms with van der Waals surface area (Å²) < 4.78 is 10.8. The van der Waals surface area contributed by atoms with E-state index in [1.54, 1.807) is 18.4 Å². The van der Waals surface area contributed by atoms with Crippen molar-refractivity contribution < 1.29 is 13.9 Å². The number of nitriles is 1. The molecule has 0 atom stereocenters. The molecule has 1 aliphatic carbocycles. The van der Waals surface area contributed by atoms with E-state index in [1.165, 1.54) is 5.56 Å². The second-order valence-corrected chi connectivity index (χ2v) is 6.75. The lowest BCUT2D eigenvalue weighted by molar-refractivity contribution is -0.123. The average Bonchev–Trinajstić information content (AvgIpc) is 3.17. The number of fused-ring (bicyclic) bond motifs is 1. The molecule has 0 spiro atoms. The minimum atomic E-state index is -0.282. The molecular weight excluding hydrogens is 330 g/mol. The minimum absolute atomic E-state index is 0.182. The molecule has 0 aromatic carbocycles. The van der Waals surface area contributed by atoms with Crippen LogP contribution in [0.15, 0.2) is 22.8 Å². The van der Waals surface area contributed by atoms with E-state index in [0.29, 0.717) is 17.9 Å². The van der Waals surface area contributed by atoms with Gasteiger partial charge in [0, 0.05) is 0 Å². The zero-order chi connectivity index (χ0) is 18.5. The van der Waals surface area contributed by atoms with Gasteiger partial charge in [0.05, 0.1) is 18.5 Å². The van der Waals surface area contributed by atoms with Crippen LogP contribution in [0.1, 0.15) is 60.8 Å². The van der Waals surface area contributed by atoms with Crippen molar-refractivity contribution in [3.63, 3.8) is 0 Å². The SMILES string of the molecule is CC(C)c1nc(OCC(=O)NCc2ccco2)c(C#N)c2c1CCCC2. The van der Waals surface area contributed by atoms with Crippen LogP contribution in [0.4, 0.5) is 0 Å². The summed E-state index contributed by atoms with van der Waals surface area (Å²) >= 11 is 0. The fraction of sp³-hybridized carbons (Fsp3) is 0.450. The van der Waals surface area contributed by atoms with E-state index in [0.717, 1.165) is 36.9 Å². The van der Waals surface area contributed by atoms with Gasteiger partial charge in [-0.05, 0) is 54.9 Å². The first-order chi connectivity index (χ1) is 12.6. The highest BCUT2D eigenvalue weighted by Gasteiger charge is 2.24. The Morgan fingerprint density at radius 1 is 1.38 bits per heavy atom. The molecule has 0 radical (unpaired) electrons. The molecule has 26 heavy (non-hydrogen) atoms. The predicted octanol–water partition coefficient (Wildman–Crippen LogP) is 3.24. The number of carbonyl (C=O) groups excluding carboxylic acids is 1. The Labute approximate surface area is 153 Å². The standard InChI is InChI=1S/C20H23N3O3/c1-13(2)19-16-8-4-3-7-15(16)17(10-21)20(23-19)26-12-18(24)22-11-14-6-5-9-25-14/h5-6,9,13H,3-4,7-8,11-12H2,1-2H3,(H,22,24). The van der Waals surface area contributed by atoms with Crippen LogP contribution in [0.5, 0.6) is 5.88 Å². The second kappa shape index (κ2) is 8.05. The van der Waals surface area contributed by atoms with Crippen LogP contribution in [-0.2, 0) is 24.2 Å². The quantitative estimate of drug-likeness (QED) is 0.861. The maximum Gasteiger partial charge on any atom is 0.258 e. The highest BCUT2D eigenvalue weighted by atomic mass is 16.5. The molecule has 3 rings (SSSR count). The van der Waals surface area contributed by atoms with Gasteiger partial charge >= 0.3 is 0 Å². The van der Waals surface area contributed by atoms with Crippen LogP contribution in [0.3, 0.4) is 0 Å². The van der Waals surface area contributed by atoms with E-state index < -0.39 is 0 Å². The molecule has 0 saturated carbocycles. The molecule has 0 unspecified atom stereocenters. The van der Waals surface area contributed by atoms with Crippen LogP contribution >= 0.6 is 0 Å². The molecule has 0 fully saturated rings. The Morgan fingerprint density at radius 2 is 2.15 bits per heavy atom. The fourth-order valence-electron chi connectivity index (χ4n) is 3.31. The van der Waals surface area contributed by atoms with E-state index in [2.05, 4.69) is 30.2 Å². The average molecular weight is 353 g/mol. The third kappa shape index (κ3) is 3.88. The molecule has 2 aromatic heterocycles. The van der Waals surface area contributed by atoms with Crippen LogP contribution in [0.25, 0.3) is 0 Å². The van der Waals surface area contributed by atoms with E-state index in [4.69, 9.17) is 9.15 Å². The molecular formula is C20H23N3O3. The lowest BCUT2D eigenvalue weighted by atomic mass is 9.85. The normalized spacial score (nSPS) is 13.2. The maximum atomic E-state index is 12.0. The van der Waals surface area contributed by atoms with E-state index in [1.807, 2.05) is 0 Å². The highest BCUT2D eigenvalue weighted by molar-refractivity contribution is 5.77. The van der Waals surface area contributed by atoms with Crippen LogP contribution in [0, 0.1) is 11.3 Å². The van der Waals surface area contributed by atoms with Gasteiger partial charge in [0.25, 0.3) is 5.91 Å². The van der Waals surface area contributed by atoms with Gasteiger partial charge in [-0.25, -0.2) is 4.98 Å². The molecule has 0 saturated heterocycles. The molecule has 1 N–H and O–H groups in total. The first-order valence-corrected chi connectivity index (χ1v) is 8.97. The van der Waals surface area contributed by atoms with Crippen molar-refractivity contribution >= 4 is 5.91 Å². The number of amides is 1. The number of nitrogens with one attached hydrogen (secondary N) is 1. The van der Waals surface area contributed by atoms with Gasteiger partial charge in [-0.1, -0.05) is 13.8 Å². The van der Waals surface area contributed by atoms with Gasteiger partial charge < -0.3 is 14.5 Å². The Bertz CT molecular complexity index is 820. The third-order valence-electron chi connectivity index (χ3n) is 4.55. The van der Waals surface area contributed by atoms with Crippen molar-refractivity contribution in [2.75, 3.05) is 6.61 Å². The van der Waals surface area contributed by atoms with Crippen LogP contribution in [0.2, 0.25) is 0 Å². The topological polar surface area (TPSA) is 88.2 Å². The number of carbonyl (C=O) groups is 1. The van der Waals surface area contributed by atoms with E-state index in [9.17, 15) is 10.1 Å². The zero-order valence-corrected chi connectivity index (χ0v) is 15.2. The van der Waals surface area contributed by atoms with Gasteiger partial charge in [-0.15, -0.1) is 0 Å². The van der Waals surface area contributed by atoms with Crippen molar-refractivity contribution in [3.05, 3.63) is 46.5 Å². The highest BCUT2D eigenvalue weighted by Crippen LogP contribution is 2.34. The monoisotopic (exact) mass is 353 g/mol. The zero-order valence-electron chi connectivity index (χ0n) is 15.2. The Hall–Kier alpha value is -2.81. The van der Waals surface area contributed by atoms with Crippen molar-refractivity contribution in [2.45, 2.75) is 52.0 Å². The summed E-state index contributed by atoms with van der Waals surface area (Å²) in [5.74, 6) is 0.899. The van der Waals surface area contributed by atoms with Gasteiger partial charge in [0.1, 0.15) is 17.4 Å². The molecule has 6 nitrogen and oxygen atoms in total. The number of pyridine rings is 1. The van der Waals surface area contributed by atoms with Crippen molar-refractivity contribution in [3.8, 4) is 11.9 Å². The summed E-state index contributed by atoms with van der Waals surface area (Å²) in [4.78, 5) is 16.6. The molecule has 1 amide bonds. The summed E-state index contributed by atoms with van der Waals surface area (Å²) in [5, 5.41) is 12.3. The molecule has 136 valence electrons.